The quantitative estimate of drug-likeness (QED) is 0.391. The van der Waals surface area contributed by atoms with Crippen molar-refractivity contribution in [3.63, 3.8) is 0 Å². The van der Waals surface area contributed by atoms with Crippen LogP contribution in [0.2, 0.25) is 0 Å². The number of ketones is 2. The number of imide groups is 3. The number of phenolic OH excluding ortho intramolecular Hbond substituents is 1. The Kier molecular flexibility index (Phi) is 5.23. The first-order chi connectivity index (χ1) is 16.7. The lowest BCUT2D eigenvalue weighted by molar-refractivity contribution is -0.137. The van der Waals surface area contributed by atoms with Gasteiger partial charge < -0.3 is 14.6 Å². The minimum Gasteiger partial charge on any atom is -0.504 e. The molecule has 1 aromatic carbocycles. The summed E-state index contributed by atoms with van der Waals surface area (Å²) in [6.07, 6.45) is 2.41. The number of aromatic hydroxyl groups is 1. The van der Waals surface area contributed by atoms with E-state index >= 15 is 0 Å². The van der Waals surface area contributed by atoms with Crippen molar-refractivity contribution < 1.29 is 38.6 Å². The molecule has 9 nitrogen and oxygen atoms in total. The van der Waals surface area contributed by atoms with Crippen LogP contribution in [0.1, 0.15) is 31.2 Å². The lowest BCUT2D eigenvalue weighted by Gasteiger charge is -2.42. The largest absolute Gasteiger partial charge is 0.504 e. The molecule has 0 radical (unpaired) electrons. The van der Waals surface area contributed by atoms with Crippen molar-refractivity contribution in [2.24, 2.45) is 17.8 Å². The molecule has 0 unspecified atom stereocenters. The number of allylic oxidation sites excluding steroid dienone is 6. The van der Waals surface area contributed by atoms with Gasteiger partial charge in [-0.1, -0.05) is 17.7 Å². The molecule has 3 aliphatic carbocycles. The number of nitrogens with zero attached hydrogens (tertiary/aromatic N) is 1. The third-order valence-electron chi connectivity index (χ3n) is 7.46. The van der Waals surface area contributed by atoms with Crippen LogP contribution in [0.4, 0.5) is 4.79 Å². The van der Waals surface area contributed by atoms with E-state index in [0.717, 1.165) is 12.7 Å². The average molecular weight is 477 g/mol. The van der Waals surface area contributed by atoms with Crippen LogP contribution in [0.5, 0.6) is 11.5 Å². The molecule has 0 bridgehead atoms. The second kappa shape index (κ2) is 8.04. The summed E-state index contributed by atoms with van der Waals surface area (Å²) >= 11 is 0. The highest BCUT2D eigenvalue weighted by molar-refractivity contribution is 6.24. The number of hydrogen-bond donors (Lipinski definition) is 1. The van der Waals surface area contributed by atoms with Gasteiger partial charge in [-0.2, -0.15) is 4.90 Å². The van der Waals surface area contributed by atoms with Gasteiger partial charge >= 0.3 is 6.09 Å². The molecule has 5 rings (SSSR count). The molecule has 0 spiro atoms. The van der Waals surface area contributed by atoms with Gasteiger partial charge in [0.05, 0.1) is 26.1 Å². The summed E-state index contributed by atoms with van der Waals surface area (Å²) in [5, 5.41) is 10.4. The van der Waals surface area contributed by atoms with Crippen LogP contribution in [0.15, 0.2) is 52.6 Å². The molecule has 1 aromatic rings. The number of ether oxygens (including phenoxy) is 2. The van der Waals surface area contributed by atoms with Crippen molar-refractivity contribution >= 4 is 29.5 Å². The Bertz CT molecular complexity index is 1320. The maximum atomic E-state index is 13.3. The molecule has 4 atom stereocenters. The first kappa shape index (κ1) is 22.8. The van der Waals surface area contributed by atoms with E-state index in [9.17, 15) is 29.1 Å². The molecule has 4 aliphatic rings. The molecule has 1 heterocycles. The number of fused-ring (bicyclic) bond motifs is 3. The normalized spacial score (nSPS) is 27.7. The Morgan fingerprint density at radius 3 is 2.49 bits per heavy atom. The molecule has 35 heavy (non-hydrogen) atoms. The van der Waals surface area contributed by atoms with Gasteiger partial charge in [0.15, 0.2) is 23.1 Å². The van der Waals surface area contributed by atoms with E-state index < -0.39 is 41.6 Å². The van der Waals surface area contributed by atoms with Crippen molar-refractivity contribution in [3.8, 4) is 11.5 Å². The summed E-state index contributed by atoms with van der Waals surface area (Å²) in [5.41, 5.74) is 2.19. The first-order valence-corrected chi connectivity index (χ1v) is 11.2. The summed E-state index contributed by atoms with van der Waals surface area (Å²) in [6.45, 7) is 1.57. The van der Waals surface area contributed by atoms with Gasteiger partial charge in [0, 0.05) is 22.6 Å². The predicted molar refractivity (Wildman–Crippen MR) is 120 cm³/mol. The molecule has 0 aromatic heterocycles. The number of methoxy groups -OCH3 is 2. The highest BCUT2D eigenvalue weighted by atomic mass is 16.5. The monoisotopic (exact) mass is 477 g/mol. The number of carbonyl (C=O) groups is 5. The Morgan fingerprint density at radius 1 is 1.09 bits per heavy atom. The minimum absolute atomic E-state index is 0.102. The second-order valence-corrected chi connectivity index (χ2v) is 9.14. The fraction of sp³-hybridized carbons (Fsp3) is 0.346. The van der Waals surface area contributed by atoms with Gasteiger partial charge in [-0.15, -0.1) is 0 Å². The zero-order valence-corrected chi connectivity index (χ0v) is 19.4. The van der Waals surface area contributed by atoms with Crippen LogP contribution in [0.25, 0.3) is 0 Å². The number of rotatable bonds is 2. The van der Waals surface area contributed by atoms with Crippen LogP contribution < -0.4 is 4.74 Å². The lowest BCUT2D eigenvalue weighted by atomic mass is 9.59. The van der Waals surface area contributed by atoms with E-state index in [-0.39, 0.29) is 35.9 Å². The molecule has 3 amide bonds. The van der Waals surface area contributed by atoms with E-state index in [4.69, 9.17) is 4.74 Å². The summed E-state index contributed by atoms with van der Waals surface area (Å²) < 4.78 is 9.79. The number of phenols is 1. The Morgan fingerprint density at radius 2 is 1.83 bits per heavy atom. The van der Waals surface area contributed by atoms with Gasteiger partial charge in [-0.3, -0.25) is 19.2 Å². The Hall–Kier alpha value is -4.01. The lowest BCUT2D eigenvalue weighted by Crippen LogP contribution is -2.40. The van der Waals surface area contributed by atoms with Crippen LogP contribution >= 0.6 is 0 Å². The maximum absolute atomic E-state index is 13.3. The number of carbonyl (C=O) groups excluding carboxylic acids is 5. The number of amides is 3. The zero-order chi connectivity index (χ0) is 25.2. The number of hydrogen-bond acceptors (Lipinski definition) is 8. The third-order valence-corrected chi connectivity index (χ3v) is 7.46. The maximum Gasteiger partial charge on any atom is 0.423 e. The number of benzene rings is 1. The van der Waals surface area contributed by atoms with Gasteiger partial charge in [-0.05, 0) is 49.5 Å². The zero-order valence-electron chi connectivity index (χ0n) is 19.4. The average Bonchev–Trinajstić information content (AvgIpc) is 3.10. The Labute approximate surface area is 200 Å². The van der Waals surface area contributed by atoms with E-state index in [2.05, 4.69) is 4.74 Å². The van der Waals surface area contributed by atoms with Gasteiger partial charge in [-0.25, -0.2) is 4.79 Å². The van der Waals surface area contributed by atoms with Gasteiger partial charge in [0.1, 0.15) is 0 Å². The summed E-state index contributed by atoms with van der Waals surface area (Å²) in [5.74, 6) is -4.64. The predicted octanol–water partition coefficient (Wildman–Crippen LogP) is 2.60. The van der Waals surface area contributed by atoms with E-state index in [1.807, 2.05) is 6.08 Å². The standard InChI is InChI=1S/C26H23NO8/c1-11-8-18(29)22-16(23(11)30)10-15-13(20(22)12-4-7-19(34-2)17(28)9-12)5-6-14-21(15)25(32)27(24(14)31)26(33)35-3/h4-5,7-9,14-15,20-21,28H,6,10H2,1-3H3/t14-,15+,20-,21-/m0/s1. The van der Waals surface area contributed by atoms with Crippen molar-refractivity contribution in [1.82, 2.24) is 4.90 Å². The van der Waals surface area contributed by atoms with E-state index in [1.54, 1.807) is 19.1 Å². The fourth-order valence-corrected chi connectivity index (χ4v) is 5.92. The Balaban J connectivity index is 1.68. The van der Waals surface area contributed by atoms with Crippen molar-refractivity contribution in [3.05, 3.63) is 58.2 Å². The van der Waals surface area contributed by atoms with Gasteiger partial charge in [0.2, 0.25) is 11.8 Å². The molecule has 9 heteroatoms. The molecule has 1 fully saturated rings. The SMILES string of the molecule is COC(=O)N1C(=O)[C@H]2[C@H](CC=C3[C@H](c4ccc(OC)c(O)c4)C4=C(C[C@H]32)C(=O)C(C)=CC4=O)C1=O. The summed E-state index contributed by atoms with van der Waals surface area (Å²) in [4.78, 5) is 65.3. The van der Waals surface area contributed by atoms with Crippen LogP contribution in [0.3, 0.4) is 0 Å². The summed E-state index contributed by atoms with van der Waals surface area (Å²) in [7, 11) is 2.52. The van der Waals surface area contributed by atoms with Crippen molar-refractivity contribution in [2.75, 3.05) is 14.2 Å². The van der Waals surface area contributed by atoms with Crippen molar-refractivity contribution in [1.29, 1.82) is 0 Å². The van der Waals surface area contributed by atoms with Gasteiger partial charge in [0.25, 0.3) is 0 Å². The molecule has 0 saturated carbocycles. The highest BCUT2D eigenvalue weighted by Crippen LogP contribution is 2.55. The highest BCUT2D eigenvalue weighted by Gasteiger charge is 2.58. The molecular formula is C26H23NO8. The summed E-state index contributed by atoms with van der Waals surface area (Å²) in [6, 6.07) is 4.75. The molecule has 180 valence electrons. The number of Topliss-reactive ketones (excluding diaryl/α,β-unsaturated/α-hetero) is 1. The first-order valence-electron chi connectivity index (χ1n) is 11.2. The topological polar surface area (TPSA) is 127 Å². The van der Waals surface area contributed by atoms with Crippen LogP contribution in [-0.2, 0) is 23.9 Å². The smallest absolute Gasteiger partial charge is 0.423 e. The third kappa shape index (κ3) is 3.18. The van der Waals surface area contributed by atoms with Crippen LogP contribution in [-0.4, -0.2) is 53.7 Å². The molecule has 1 saturated heterocycles. The minimum atomic E-state index is -1.04. The van der Waals surface area contributed by atoms with Crippen LogP contribution in [0, 0.1) is 17.8 Å². The van der Waals surface area contributed by atoms with Crippen molar-refractivity contribution in [2.45, 2.75) is 25.7 Å². The fourth-order valence-electron chi connectivity index (χ4n) is 5.92. The van der Waals surface area contributed by atoms with E-state index in [1.165, 1.54) is 19.3 Å². The molecule has 1 N–H and O–H groups in total. The molecule has 1 aliphatic heterocycles. The number of likely N-dealkylation sites (tertiary alicyclic amines) is 1. The molecular weight excluding hydrogens is 454 g/mol. The second-order valence-electron chi connectivity index (χ2n) is 9.14. The van der Waals surface area contributed by atoms with E-state index in [0.29, 0.717) is 27.2 Å².